The van der Waals surface area contributed by atoms with Crippen LogP contribution in [0.25, 0.3) is 21.6 Å². The van der Waals surface area contributed by atoms with Gasteiger partial charge in [0, 0.05) is 0 Å². The summed E-state index contributed by atoms with van der Waals surface area (Å²) in [5.74, 6) is -1.01. The summed E-state index contributed by atoms with van der Waals surface area (Å²) in [4.78, 5) is 7.97. The van der Waals surface area contributed by atoms with Crippen LogP contribution >= 0.6 is 22.7 Å². The van der Waals surface area contributed by atoms with Gasteiger partial charge in [-0.2, -0.15) is 26.9 Å². The van der Waals surface area contributed by atoms with Crippen molar-refractivity contribution in [1.82, 2.24) is 15.0 Å². The average Bonchev–Trinajstić information content (AvgIpc) is 2.90. The van der Waals surface area contributed by atoms with Crippen LogP contribution in [-0.4, -0.2) is 15.0 Å². The van der Waals surface area contributed by atoms with Crippen molar-refractivity contribution < 1.29 is 22.0 Å². The predicted molar refractivity (Wildman–Crippen MR) is 60.0 cm³/mol. The summed E-state index contributed by atoms with van der Waals surface area (Å²) in [5, 5.41) is -0.855. The number of nitrogens with zero attached hydrogens (tertiary/aromatic N) is 2. The zero-order valence-corrected chi connectivity index (χ0v) is 10.3. The Labute approximate surface area is 109 Å². The Balaban J connectivity index is 2.30. The number of alkyl halides is 3. The molecule has 3 aromatic heterocycles. The first kappa shape index (κ1) is 12.5. The molecule has 100 valence electrons. The van der Waals surface area contributed by atoms with Gasteiger partial charge in [-0.25, -0.2) is 4.98 Å². The second-order valence-electron chi connectivity index (χ2n) is 3.49. The van der Waals surface area contributed by atoms with E-state index < -0.39 is 33.5 Å². The van der Waals surface area contributed by atoms with Gasteiger partial charge in [0.25, 0.3) is 5.26 Å². The van der Waals surface area contributed by atoms with Crippen LogP contribution in [0.4, 0.5) is 22.0 Å². The number of aromatic amines is 1. The van der Waals surface area contributed by atoms with Gasteiger partial charge in [0.15, 0.2) is 5.65 Å². The number of hydrogen-bond donors (Lipinski definition) is 1. The topological polar surface area (TPSA) is 41.6 Å². The summed E-state index contributed by atoms with van der Waals surface area (Å²) in [6, 6.07) is 0. The highest BCUT2D eigenvalue weighted by atomic mass is 32.1. The third kappa shape index (κ3) is 1.91. The van der Waals surface area contributed by atoms with Crippen LogP contribution in [-0.2, 0) is 6.18 Å². The minimum atomic E-state index is -4.64. The molecule has 0 aliphatic rings. The molecule has 0 saturated carbocycles. The van der Waals surface area contributed by atoms with E-state index in [-0.39, 0.29) is 10.3 Å². The van der Waals surface area contributed by atoms with E-state index in [1.807, 2.05) is 0 Å². The maximum atomic E-state index is 13.7. The van der Waals surface area contributed by atoms with E-state index >= 15 is 0 Å². The molecular formula is C9H2F5N3S2. The van der Waals surface area contributed by atoms with Gasteiger partial charge >= 0.3 is 6.18 Å². The van der Waals surface area contributed by atoms with Gasteiger partial charge in [0.1, 0.15) is 4.88 Å². The van der Waals surface area contributed by atoms with Crippen molar-refractivity contribution in [3.63, 3.8) is 0 Å². The van der Waals surface area contributed by atoms with Gasteiger partial charge in [0.05, 0.1) is 21.5 Å². The fourth-order valence-corrected chi connectivity index (χ4v) is 3.10. The van der Waals surface area contributed by atoms with Gasteiger partial charge in [-0.1, -0.05) is 11.3 Å². The number of hydrogen-bond acceptors (Lipinski definition) is 4. The molecule has 1 N–H and O–H groups in total. The predicted octanol–water partition coefficient (Wildman–Crippen LogP) is 4.04. The van der Waals surface area contributed by atoms with Crippen LogP contribution in [0.3, 0.4) is 0 Å². The van der Waals surface area contributed by atoms with Crippen molar-refractivity contribution in [2.24, 2.45) is 0 Å². The van der Waals surface area contributed by atoms with E-state index in [1.54, 1.807) is 0 Å². The minimum Gasteiger partial charge on any atom is -0.315 e. The zero-order chi connectivity index (χ0) is 13.8. The van der Waals surface area contributed by atoms with Crippen molar-refractivity contribution in [1.29, 1.82) is 0 Å². The fourth-order valence-electron chi connectivity index (χ4n) is 1.65. The number of H-pyrrole nitrogens is 1. The number of nitrogens with one attached hydrogen (secondary N) is 1. The second kappa shape index (κ2) is 3.97. The first-order chi connectivity index (χ1) is 8.88. The summed E-state index contributed by atoms with van der Waals surface area (Å²) in [5.41, 5.74) is -0.112. The Bertz CT molecular complexity index is 754. The molecule has 0 atom stereocenters. The van der Waals surface area contributed by atoms with E-state index in [0.717, 1.165) is 5.51 Å². The molecule has 0 saturated heterocycles. The van der Waals surface area contributed by atoms with Crippen LogP contribution < -0.4 is 0 Å². The molecule has 0 bridgehead atoms. The van der Waals surface area contributed by atoms with Crippen molar-refractivity contribution >= 4 is 33.0 Å². The first-order valence-corrected chi connectivity index (χ1v) is 6.42. The molecule has 0 amide bonds. The summed E-state index contributed by atoms with van der Waals surface area (Å²) in [7, 11) is 0. The SMILES string of the molecule is Fc1nc2[nH]c(F)c(-c3ncsc3C(F)(F)F)c2s1. The summed E-state index contributed by atoms with van der Waals surface area (Å²) in [6.07, 6.45) is -4.64. The molecule has 3 rings (SSSR count). The van der Waals surface area contributed by atoms with E-state index in [1.165, 1.54) is 0 Å². The lowest BCUT2D eigenvalue weighted by Gasteiger charge is -2.05. The monoisotopic (exact) mass is 311 g/mol. The van der Waals surface area contributed by atoms with E-state index in [0.29, 0.717) is 22.7 Å². The Morgan fingerprint density at radius 2 is 1.95 bits per heavy atom. The molecule has 0 aliphatic heterocycles. The molecule has 3 nitrogen and oxygen atoms in total. The third-order valence-corrected chi connectivity index (χ3v) is 4.07. The third-order valence-electron chi connectivity index (χ3n) is 2.34. The van der Waals surface area contributed by atoms with Gasteiger partial charge in [0.2, 0.25) is 5.95 Å². The molecule has 0 fully saturated rings. The highest BCUT2D eigenvalue weighted by molar-refractivity contribution is 7.17. The number of thiazole rings is 2. The lowest BCUT2D eigenvalue weighted by Crippen LogP contribution is -2.04. The van der Waals surface area contributed by atoms with Gasteiger partial charge < -0.3 is 4.98 Å². The Kier molecular flexibility index (Phi) is 2.61. The molecule has 0 spiro atoms. The minimum absolute atomic E-state index is 0.0219. The summed E-state index contributed by atoms with van der Waals surface area (Å²) < 4.78 is 64.9. The summed E-state index contributed by atoms with van der Waals surface area (Å²) >= 11 is 0.818. The lowest BCUT2D eigenvalue weighted by atomic mass is 10.2. The number of rotatable bonds is 1. The molecule has 0 aromatic carbocycles. The highest BCUT2D eigenvalue weighted by Gasteiger charge is 2.38. The van der Waals surface area contributed by atoms with Crippen LogP contribution in [0.2, 0.25) is 0 Å². The van der Waals surface area contributed by atoms with E-state index in [2.05, 4.69) is 15.0 Å². The normalized spacial score (nSPS) is 12.5. The Hall–Kier alpha value is -1.55. The number of aromatic nitrogens is 3. The molecule has 0 aliphatic carbocycles. The average molecular weight is 311 g/mol. The number of halogens is 5. The van der Waals surface area contributed by atoms with Crippen LogP contribution in [0.5, 0.6) is 0 Å². The Morgan fingerprint density at radius 1 is 1.21 bits per heavy atom. The molecule has 0 unspecified atom stereocenters. The molecular weight excluding hydrogens is 309 g/mol. The van der Waals surface area contributed by atoms with Crippen molar-refractivity contribution in [2.45, 2.75) is 6.18 Å². The van der Waals surface area contributed by atoms with Crippen molar-refractivity contribution in [3.8, 4) is 11.3 Å². The Morgan fingerprint density at radius 3 is 2.63 bits per heavy atom. The quantitative estimate of drug-likeness (QED) is 0.689. The van der Waals surface area contributed by atoms with Crippen LogP contribution in [0, 0.1) is 11.2 Å². The standard InChI is InChI=1S/C9H2F5N3S2/c10-6-2(4-7(16-6)17-8(11)19-4)3-5(9(12,13)14)18-1-15-3/h1,16H. The van der Waals surface area contributed by atoms with Crippen LogP contribution in [0.15, 0.2) is 5.51 Å². The molecule has 3 aromatic rings. The lowest BCUT2D eigenvalue weighted by molar-refractivity contribution is -0.134. The second-order valence-corrected chi connectivity index (χ2v) is 5.29. The maximum Gasteiger partial charge on any atom is 0.427 e. The molecule has 3 heterocycles. The molecule has 0 radical (unpaired) electrons. The maximum absolute atomic E-state index is 13.7. The fraction of sp³-hybridized carbons (Fsp3) is 0.111. The van der Waals surface area contributed by atoms with Crippen molar-refractivity contribution in [2.75, 3.05) is 0 Å². The van der Waals surface area contributed by atoms with Gasteiger partial charge in [-0.3, -0.25) is 0 Å². The van der Waals surface area contributed by atoms with E-state index in [4.69, 9.17) is 0 Å². The molecule has 10 heteroatoms. The highest BCUT2D eigenvalue weighted by Crippen LogP contribution is 2.43. The smallest absolute Gasteiger partial charge is 0.315 e. The largest absolute Gasteiger partial charge is 0.427 e. The summed E-state index contributed by atoms with van der Waals surface area (Å²) in [6.45, 7) is 0. The molecule has 19 heavy (non-hydrogen) atoms. The number of fused-ring (bicyclic) bond motifs is 1. The zero-order valence-electron chi connectivity index (χ0n) is 8.68. The van der Waals surface area contributed by atoms with E-state index in [9.17, 15) is 22.0 Å². The van der Waals surface area contributed by atoms with Gasteiger partial charge in [-0.15, -0.1) is 11.3 Å². The van der Waals surface area contributed by atoms with Crippen LogP contribution in [0.1, 0.15) is 4.88 Å². The first-order valence-electron chi connectivity index (χ1n) is 4.72. The van der Waals surface area contributed by atoms with Gasteiger partial charge in [-0.05, 0) is 0 Å². The van der Waals surface area contributed by atoms with Crippen molar-refractivity contribution in [3.05, 3.63) is 21.6 Å².